The molecule has 2 amide bonds. The molecule has 0 aliphatic rings. The van der Waals surface area contributed by atoms with Crippen LogP contribution in [-0.2, 0) is 0 Å². The van der Waals surface area contributed by atoms with Gasteiger partial charge in [0, 0.05) is 22.0 Å². The highest BCUT2D eigenvalue weighted by atomic mass is 35.5. The second-order valence-electron chi connectivity index (χ2n) is 6.11. The number of aromatic nitrogens is 1. The summed E-state index contributed by atoms with van der Waals surface area (Å²) in [5, 5.41) is 7.19. The molecule has 2 N–H and O–H groups in total. The van der Waals surface area contributed by atoms with Gasteiger partial charge in [0.2, 0.25) is 0 Å². The van der Waals surface area contributed by atoms with E-state index in [9.17, 15) is 4.79 Å². The number of halogens is 1. The fourth-order valence-electron chi connectivity index (χ4n) is 2.78. The Kier molecular flexibility index (Phi) is 4.79. The van der Waals surface area contributed by atoms with Gasteiger partial charge in [0.15, 0.2) is 0 Å². The number of carbonyl (C=O) groups excluding carboxylic acids is 1. The fourth-order valence-corrected chi connectivity index (χ4v) is 3.94. The summed E-state index contributed by atoms with van der Waals surface area (Å²) in [6.45, 7) is 1.96. The molecule has 4 rings (SSSR count). The molecular weight excluding hydrogens is 378 g/mol. The molecule has 0 atom stereocenters. The topological polar surface area (TPSA) is 54.0 Å². The number of rotatable bonds is 3. The Morgan fingerprint density at radius 2 is 1.85 bits per heavy atom. The molecule has 0 aliphatic heterocycles. The van der Waals surface area contributed by atoms with Gasteiger partial charge in [0.1, 0.15) is 5.01 Å². The molecule has 1 aromatic heterocycles. The molecule has 0 aliphatic carbocycles. The number of hydrogen-bond donors (Lipinski definition) is 2. The Hall–Kier alpha value is -2.89. The lowest BCUT2D eigenvalue weighted by Gasteiger charge is -2.11. The van der Waals surface area contributed by atoms with Gasteiger partial charge in [0.25, 0.3) is 0 Å². The Bertz CT molecular complexity index is 1110. The van der Waals surface area contributed by atoms with Gasteiger partial charge in [-0.2, -0.15) is 0 Å². The number of para-hydroxylation sites is 1. The van der Waals surface area contributed by atoms with Gasteiger partial charge in [-0.3, -0.25) is 0 Å². The van der Waals surface area contributed by atoms with Crippen molar-refractivity contribution in [3.8, 4) is 10.6 Å². The Morgan fingerprint density at radius 3 is 2.63 bits per heavy atom. The quantitative estimate of drug-likeness (QED) is 0.413. The standard InChI is InChI=1S/C21H16ClN3OS/c1-13-11-14(20-24-18-7-2-3-8-19(18)27-20)9-10-17(13)25-21(26)23-16-6-4-5-15(22)12-16/h2-12H,1H3,(H2,23,25,26). The van der Waals surface area contributed by atoms with Crippen molar-refractivity contribution in [1.82, 2.24) is 4.98 Å². The maximum Gasteiger partial charge on any atom is 0.323 e. The number of aryl methyl sites for hydroxylation is 1. The van der Waals surface area contributed by atoms with Crippen LogP contribution in [0.5, 0.6) is 0 Å². The van der Waals surface area contributed by atoms with E-state index >= 15 is 0 Å². The minimum atomic E-state index is -0.312. The Morgan fingerprint density at radius 1 is 1.00 bits per heavy atom. The molecule has 0 saturated heterocycles. The van der Waals surface area contributed by atoms with Crippen molar-refractivity contribution in [2.24, 2.45) is 0 Å². The lowest BCUT2D eigenvalue weighted by molar-refractivity contribution is 0.262. The van der Waals surface area contributed by atoms with Gasteiger partial charge < -0.3 is 10.6 Å². The number of thiazole rings is 1. The second-order valence-corrected chi connectivity index (χ2v) is 7.57. The molecule has 0 spiro atoms. The van der Waals surface area contributed by atoms with E-state index < -0.39 is 0 Å². The third-order valence-corrected chi connectivity index (χ3v) is 5.42. The van der Waals surface area contributed by atoms with E-state index in [1.54, 1.807) is 35.6 Å². The van der Waals surface area contributed by atoms with Gasteiger partial charge in [-0.1, -0.05) is 29.8 Å². The average molecular weight is 394 g/mol. The number of nitrogens with zero attached hydrogens (tertiary/aromatic N) is 1. The molecule has 4 nitrogen and oxygen atoms in total. The summed E-state index contributed by atoms with van der Waals surface area (Å²) in [5.74, 6) is 0. The van der Waals surface area contributed by atoms with Crippen LogP contribution >= 0.6 is 22.9 Å². The molecule has 6 heteroatoms. The van der Waals surface area contributed by atoms with Crippen molar-refractivity contribution in [3.05, 3.63) is 77.3 Å². The lowest BCUT2D eigenvalue weighted by atomic mass is 10.1. The van der Waals surface area contributed by atoms with E-state index in [1.807, 2.05) is 43.3 Å². The molecular formula is C21H16ClN3OS. The van der Waals surface area contributed by atoms with Gasteiger partial charge >= 0.3 is 6.03 Å². The first-order valence-corrected chi connectivity index (χ1v) is 9.58. The maximum atomic E-state index is 12.2. The first kappa shape index (κ1) is 17.5. The number of anilines is 2. The van der Waals surface area contributed by atoms with E-state index in [2.05, 4.69) is 21.7 Å². The van der Waals surface area contributed by atoms with Crippen molar-refractivity contribution in [1.29, 1.82) is 0 Å². The third-order valence-electron chi connectivity index (χ3n) is 4.10. The summed E-state index contributed by atoms with van der Waals surface area (Å²) in [6.07, 6.45) is 0. The summed E-state index contributed by atoms with van der Waals surface area (Å²) < 4.78 is 1.16. The van der Waals surface area contributed by atoms with Crippen LogP contribution in [0.25, 0.3) is 20.8 Å². The summed E-state index contributed by atoms with van der Waals surface area (Å²) in [7, 11) is 0. The van der Waals surface area contributed by atoms with Crippen molar-refractivity contribution >= 4 is 50.6 Å². The predicted octanol–water partition coefficient (Wildman–Crippen LogP) is 6.57. The fraction of sp³-hybridized carbons (Fsp3) is 0.0476. The van der Waals surface area contributed by atoms with Crippen LogP contribution < -0.4 is 10.6 Å². The number of nitrogens with one attached hydrogen (secondary N) is 2. The summed E-state index contributed by atoms with van der Waals surface area (Å²) in [4.78, 5) is 16.9. The molecule has 0 saturated carbocycles. The monoisotopic (exact) mass is 393 g/mol. The van der Waals surface area contributed by atoms with Crippen molar-refractivity contribution in [2.75, 3.05) is 10.6 Å². The first-order valence-electron chi connectivity index (χ1n) is 8.39. The summed E-state index contributed by atoms with van der Waals surface area (Å²) in [5.41, 5.74) is 4.39. The zero-order valence-corrected chi connectivity index (χ0v) is 16.1. The van der Waals surface area contributed by atoms with Crippen LogP contribution in [-0.4, -0.2) is 11.0 Å². The average Bonchev–Trinajstić information content (AvgIpc) is 3.07. The highest BCUT2D eigenvalue weighted by Gasteiger charge is 2.10. The molecule has 0 unspecified atom stereocenters. The van der Waals surface area contributed by atoms with Crippen LogP contribution in [0.2, 0.25) is 5.02 Å². The third kappa shape index (κ3) is 3.94. The summed E-state index contributed by atoms with van der Waals surface area (Å²) in [6, 6.07) is 20.7. The molecule has 27 heavy (non-hydrogen) atoms. The molecule has 0 bridgehead atoms. The van der Waals surface area contributed by atoms with Crippen LogP contribution in [0.15, 0.2) is 66.7 Å². The van der Waals surface area contributed by atoms with Crippen LogP contribution in [0.1, 0.15) is 5.56 Å². The molecule has 134 valence electrons. The normalized spacial score (nSPS) is 10.7. The molecule has 3 aromatic carbocycles. The number of urea groups is 1. The largest absolute Gasteiger partial charge is 0.323 e. The van der Waals surface area contributed by atoms with E-state index in [4.69, 9.17) is 11.6 Å². The van der Waals surface area contributed by atoms with E-state index in [1.165, 1.54) is 0 Å². The highest BCUT2D eigenvalue weighted by Crippen LogP contribution is 2.32. The van der Waals surface area contributed by atoms with E-state index in [0.29, 0.717) is 10.7 Å². The summed E-state index contributed by atoms with van der Waals surface area (Å²) >= 11 is 7.60. The Labute approximate surface area is 165 Å². The second kappa shape index (κ2) is 7.39. The van der Waals surface area contributed by atoms with Crippen molar-refractivity contribution in [2.45, 2.75) is 6.92 Å². The smallest absolute Gasteiger partial charge is 0.308 e. The number of hydrogen-bond acceptors (Lipinski definition) is 3. The van der Waals surface area contributed by atoms with Crippen molar-refractivity contribution in [3.63, 3.8) is 0 Å². The molecule has 1 heterocycles. The highest BCUT2D eigenvalue weighted by molar-refractivity contribution is 7.21. The van der Waals surface area contributed by atoms with E-state index in [0.717, 1.165) is 32.0 Å². The number of benzene rings is 3. The molecule has 0 fully saturated rings. The molecule has 0 radical (unpaired) electrons. The Balaban J connectivity index is 1.52. The number of amides is 2. The zero-order chi connectivity index (χ0) is 18.8. The lowest BCUT2D eigenvalue weighted by Crippen LogP contribution is -2.19. The molecule has 4 aromatic rings. The van der Waals surface area contributed by atoms with Crippen LogP contribution in [0, 0.1) is 6.92 Å². The minimum Gasteiger partial charge on any atom is -0.308 e. The maximum absolute atomic E-state index is 12.2. The predicted molar refractivity (Wildman–Crippen MR) is 114 cm³/mol. The van der Waals surface area contributed by atoms with Gasteiger partial charge in [0.05, 0.1) is 10.2 Å². The van der Waals surface area contributed by atoms with Gasteiger partial charge in [-0.25, -0.2) is 9.78 Å². The van der Waals surface area contributed by atoms with Crippen LogP contribution in [0.4, 0.5) is 16.2 Å². The first-order chi connectivity index (χ1) is 13.1. The van der Waals surface area contributed by atoms with Gasteiger partial charge in [-0.05, 0) is 61.0 Å². The zero-order valence-electron chi connectivity index (χ0n) is 14.5. The number of fused-ring (bicyclic) bond motifs is 1. The van der Waals surface area contributed by atoms with Crippen LogP contribution in [0.3, 0.4) is 0 Å². The van der Waals surface area contributed by atoms with Crippen molar-refractivity contribution < 1.29 is 4.79 Å². The van der Waals surface area contributed by atoms with Gasteiger partial charge in [-0.15, -0.1) is 11.3 Å². The van der Waals surface area contributed by atoms with E-state index in [-0.39, 0.29) is 6.03 Å². The number of carbonyl (C=O) groups is 1. The minimum absolute atomic E-state index is 0.312. The SMILES string of the molecule is Cc1cc(-c2nc3ccccc3s2)ccc1NC(=O)Nc1cccc(Cl)c1.